The van der Waals surface area contributed by atoms with Gasteiger partial charge >= 0.3 is 6.18 Å². The van der Waals surface area contributed by atoms with Crippen LogP contribution in [0.3, 0.4) is 0 Å². The summed E-state index contributed by atoms with van der Waals surface area (Å²) in [6.07, 6.45) is 0.910. The zero-order valence-corrected chi connectivity index (χ0v) is 22.1. The number of hydrogen-bond donors (Lipinski definition) is 1. The molecular weight excluding hydrogens is 503 g/mol. The molecule has 0 unspecified atom stereocenters. The van der Waals surface area contributed by atoms with Crippen molar-refractivity contribution in [2.45, 2.75) is 19.6 Å². The first-order valence-corrected chi connectivity index (χ1v) is 12.7. The Balaban J connectivity index is 1.35. The summed E-state index contributed by atoms with van der Waals surface area (Å²) in [5.74, 6) is 5.68. The molecule has 0 spiro atoms. The first-order valence-electron chi connectivity index (χ1n) is 12.7. The number of aromatic nitrogens is 1. The van der Waals surface area contributed by atoms with E-state index in [1.54, 1.807) is 24.5 Å². The maximum Gasteiger partial charge on any atom is 0.416 e. The van der Waals surface area contributed by atoms with Crippen LogP contribution in [0.15, 0.2) is 48.8 Å². The van der Waals surface area contributed by atoms with Crippen LogP contribution in [0.1, 0.15) is 38.2 Å². The van der Waals surface area contributed by atoms with Gasteiger partial charge in [0.2, 0.25) is 5.36 Å². The monoisotopic (exact) mass is 532 g/mol. The maximum atomic E-state index is 14.0. The van der Waals surface area contributed by atoms with Gasteiger partial charge in [0, 0.05) is 55.7 Å². The zero-order chi connectivity index (χ0) is 27.7. The lowest BCUT2D eigenvalue weighted by molar-refractivity contribution is -0.138. The largest absolute Gasteiger partial charge is 0.416 e. The smallest absolute Gasteiger partial charge is 0.322 e. The normalized spacial score (nSPS) is 15.5. The quantitative estimate of drug-likeness (QED) is 0.415. The third-order valence-corrected chi connectivity index (χ3v) is 7.16. The van der Waals surface area contributed by atoms with Crippen molar-refractivity contribution in [1.29, 1.82) is 0 Å². The van der Waals surface area contributed by atoms with Crippen molar-refractivity contribution in [1.82, 2.24) is 19.4 Å². The van der Waals surface area contributed by atoms with Gasteiger partial charge in [-0.1, -0.05) is 24.0 Å². The summed E-state index contributed by atoms with van der Waals surface area (Å²) >= 11 is 0. The molecule has 0 atom stereocenters. The van der Waals surface area contributed by atoms with Gasteiger partial charge in [0.15, 0.2) is 6.20 Å². The number of benzene rings is 2. The predicted octanol–water partition coefficient (Wildman–Crippen LogP) is 2.68. The van der Waals surface area contributed by atoms with Crippen LogP contribution in [-0.4, -0.2) is 61.0 Å². The molecule has 5 rings (SSSR count). The second kappa shape index (κ2) is 10.6. The molecule has 1 aromatic heterocycles. The van der Waals surface area contributed by atoms with Gasteiger partial charge in [-0.2, -0.15) is 17.7 Å². The molecule has 6 nitrogen and oxygen atoms in total. The summed E-state index contributed by atoms with van der Waals surface area (Å²) in [4.78, 5) is 21.4. The van der Waals surface area contributed by atoms with Gasteiger partial charge in [-0.25, -0.2) is 0 Å². The van der Waals surface area contributed by atoms with E-state index in [1.165, 1.54) is 12.1 Å². The molecule has 2 aliphatic heterocycles. The molecule has 0 saturated carbocycles. The van der Waals surface area contributed by atoms with Crippen LogP contribution in [0.5, 0.6) is 0 Å². The number of rotatable bonds is 4. The minimum Gasteiger partial charge on any atom is -0.322 e. The number of pyridine rings is 1. The number of alkyl halides is 3. The molecule has 2 aliphatic rings. The van der Waals surface area contributed by atoms with E-state index in [-0.39, 0.29) is 17.7 Å². The van der Waals surface area contributed by atoms with Gasteiger partial charge in [-0.15, -0.1) is 0 Å². The minimum absolute atomic E-state index is 0.0491. The second-order valence-electron chi connectivity index (χ2n) is 10.0. The van der Waals surface area contributed by atoms with Crippen LogP contribution in [0.2, 0.25) is 0 Å². The van der Waals surface area contributed by atoms with Crippen LogP contribution in [0.4, 0.5) is 18.9 Å². The number of aryl methyl sites for hydroxylation is 1. The number of carbonyl (C=O) groups excluding carboxylic acids is 1. The standard InChI is InChI=1S/C30H28F3N5O/c1-20-4-9-25(14-21(20)5-7-23-16-34-17-28-26(23)19-37(28)3)35-29(39)22-6-8-24(27(15-22)30(31,32)33)18-38-12-10-36(2)11-13-38/h4,6,8-9,14-17,19H,10-13,18H2,1-3H3/p+1. The molecule has 1 N–H and O–H groups in total. The van der Waals surface area contributed by atoms with Crippen molar-refractivity contribution in [3.63, 3.8) is 0 Å². The second-order valence-corrected chi connectivity index (χ2v) is 10.0. The highest BCUT2D eigenvalue weighted by atomic mass is 19.4. The highest BCUT2D eigenvalue weighted by molar-refractivity contribution is 6.04. The van der Waals surface area contributed by atoms with E-state index >= 15 is 0 Å². The molecule has 2 aromatic carbocycles. The van der Waals surface area contributed by atoms with Gasteiger partial charge in [0.1, 0.15) is 12.3 Å². The van der Waals surface area contributed by atoms with E-state index in [4.69, 9.17) is 0 Å². The summed E-state index contributed by atoms with van der Waals surface area (Å²) in [6, 6.07) is 9.08. The average molecular weight is 533 g/mol. The van der Waals surface area contributed by atoms with Gasteiger partial charge in [0.05, 0.1) is 17.3 Å². The van der Waals surface area contributed by atoms with E-state index in [0.29, 0.717) is 24.3 Å². The Labute approximate surface area is 225 Å². The van der Waals surface area contributed by atoms with Crippen LogP contribution < -0.4 is 20.5 Å². The molecule has 3 heterocycles. The van der Waals surface area contributed by atoms with Crippen molar-refractivity contribution in [3.8, 4) is 11.8 Å². The van der Waals surface area contributed by atoms with Gasteiger partial charge in [-0.05, 0) is 49.4 Å². The van der Waals surface area contributed by atoms with Gasteiger partial charge < -0.3 is 10.2 Å². The van der Waals surface area contributed by atoms with Crippen molar-refractivity contribution < 1.29 is 18.0 Å². The van der Waals surface area contributed by atoms with Crippen molar-refractivity contribution in [3.05, 3.63) is 92.7 Å². The predicted molar refractivity (Wildman–Crippen MR) is 144 cm³/mol. The van der Waals surface area contributed by atoms with Crippen LogP contribution in [0.25, 0.3) is 6.20 Å². The number of amides is 1. The summed E-state index contributed by atoms with van der Waals surface area (Å²) < 4.78 is 43.8. The number of halogens is 3. The Morgan fingerprint density at radius 3 is 2.51 bits per heavy atom. The fraction of sp³-hybridized carbons (Fsp3) is 0.300. The number of nitrogens with zero attached hydrogens (tertiary/aromatic N) is 4. The molecule has 1 fully saturated rings. The topological polar surface area (TPSA) is 51.5 Å². The van der Waals surface area contributed by atoms with Crippen molar-refractivity contribution in [2.75, 3.05) is 45.6 Å². The molecule has 1 amide bonds. The maximum absolute atomic E-state index is 14.0. The summed E-state index contributed by atoms with van der Waals surface area (Å²) in [5, 5.41) is 4.76. The van der Waals surface area contributed by atoms with Crippen molar-refractivity contribution >= 4 is 17.8 Å². The lowest BCUT2D eigenvalue weighted by Gasteiger charge is -2.33. The summed E-state index contributed by atoms with van der Waals surface area (Å²) in [6.45, 7) is 5.13. The number of carbonyl (C=O) groups is 1. The van der Waals surface area contributed by atoms with E-state index in [9.17, 15) is 18.0 Å². The molecule has 0 aliphatic carbocycles. The molecular formula is C30H29F3N5O+. The highest BCUT2D eigenvalue weighted by Crippen LogP contribution is 2.33. The van der Waals surface area contributed by atoms with Crippen LogP contribution in [-0.2, 0) is 12.7 Å². The van der Waals surface area contributed by atoms with Crippen LogP contribution >= 0.6 is 0 Å². The summed E-state index contributed by atoms with van der Waals surface area (Å²) in [5.41, 5.74) is 2.22. The number of likely N-dealkylation sites (N-methyl/N-ethyl adjacent to an activating group) is 1. The van der Waals surface area contributed by atoms with E-state index < -0.39 is 17.6 Å². The zero-order valence-electron chi connectivity index (χ0n) is 22.1. The number of piperazine rings is 1. The molecule has 0 bridgehead atoms. The SMILES string of the molecule is Cc1ccc(NC(=O)c2ccc(CN3CCN(C)CC3)c(C(F)(F)F)c2)cc1C#Cc1cncc2c1=C[N+]=2C. The fourth-order valence-corrected chi connectivity index (χ4v) is 4.71. The fourth-order valence-electron chi connectivity index (χ4n) is 4.71. The minimum atomic E-state index is -4.56. The Kier molecular flexibility index (Phi) is 7.25. The number of nitrogens with one attached hydrogen (secondary N) is 1. The van der Waals surface area contributed by atoms with E-state index in [0.717, 1.165) is 40.9 Å². The Morgan fingerprint density at radius 1 is 1.05 bits per heavy atom. The Hall–Kier alpha value is -4.00. The van der Waals surface area contributed by atoms with Gasteiger partial charge in [-0.3, -0.25) is 14.7 Å². The third kappa shape index (κ3) is 5.87. The highest BCUT2D eigenvalue weighted by Gasteiger charge is 2.34. The molecule has 1 saturated heterocycles. The number of fused-ring (bicyclic) bond motifs is 1. The van der Waals surface area contributed by atoms with E-state index in [2.05, 4.69) is 27.0 Å². The molecule has 200 valence electrons. The lowest BCUT2D eigenvalue weighted by Crippen LogP contribution is -2.47. The summed E-state index contributed by atoms with van der Waals surface area (Å²) in [7, 11) is 3.94. The average Bonchev–Trinajstić information content (AvgIpc) is 2.89. The number of hydrogen-bond acceptors (Lipinski definition) is 4. The Morgan fingerprint density at radius 2 is 1.79 bits per heavy atom. The van der Waals surface area contributed by atoms with Gasteiger partial charge in [0.25, 0.3) is 5.91 Å². The lowest BCUT2D eigenvalue weighted by atomic mass is 10.0. The van der Waals surface area contributed by atoms with E-state index in [1.807, 2.05) is 42.8 Å². The first-order chi connectivity index (χ1) is 18.6. The molecule has 39 heavy (non-hydrogen) atoms. The van der Waals surface area contributed by atoms with Crippen molar-refractivity contribution in [2.24, 2.45) is 0 Å². The molecule has 9 heteroatoms. The van der Waals surface area contributed by atoms with Crippen LogP contribution in [0, 0.1) is 18.8 Å². The first kappa shape index (κ1) is 26.6. The molecule has 3 aromatic rings. The molecule has 0 radical (unpaired) electrons. The third-order valence-electron chi connectivity index (χ3n) is 7.16. The number of anilines is 1. The Bertz CT molecular complexity index is 1630.